The zero-order valence-corrected chi connectivity index (χ0v) is 21.2. The molecule has 0 aliphatic rings. The Morgan fingerprint density at radius 1 is 0.571 bits per heavy atom. The summed E-state index contributed by atoms with van der Waals surface area (Å²) in [5.74, 6) is 0. The summed E-state index contributed by atoms with van der Waals surface area (Å²) >= 11 is 7.84. The molecule has 0 aliphatic carbocycles. The summed E-state index contributed by atoms with van der Waals surface area (Å²) in [5.41, 5.74) is 3.26. The van der Waals surface area contributed by atoms with Gasteiger partial charge in [-0.25, -0.2) is 0 Å². The molecule has 0 unspecified atom stereocenters. The molecular formula is C24H28S4. The van der Waals surface area contributed by atoms with Crippen molar-refractivity contribution in [2.45, 2.75) is 66.2 Å². The van der Waals surface area contributed by atoms with Crippen molar-refractivity contribution in [2.24, 2.45) is 0 Å². The van der Waals surface area contributed by atoms with Crippen molar-refractivity contribution in [3.8, 4) is 19.5 Å². The molecule has 4 aromatic rings. The monoisotopic (exact) mass is 444 g/mol. The molecule has 4 rings (SSSR count). The van der Waals surface area contributed by atoms with E-state index in [9.17, 15) is 0 Å². The fourth-order valence-electron chi connectivity index (χ4n) is 3.26. The summed E-state index contributed by atoms with van der Waals surface area (Å²) in [6, 6.07) is 9.56. The van der Waals surface area contributed by atoms with Gasteiger partial charge in [-0.05, 0) is 60.1 Å². The van der Waals surface area contributed by atoms with Gasteiger partial charge in [0, 0.05) is 34.6 Å². The Hall–Kier alpha value is -0.940. The molecule has 0 aliphatic heterocycles. The third-order valence-corrected chi connectivity index (χ3v) is 11.1. The normalized spacial score (nSPS) is 13.0. The summed E-state index contributed by atoms with van der Waals surface area (Å²) in [5, 5.41) is 1.40. The standard InChI is InChI=1S/C24H28S4/c1-13-9-18(23(3,4)5)27-20(13)16-11-15-12-17(26-22(15)25-16)21-14(2)10-19(28-21)24(6,7)8/h9-12H,1-8H3. The molecule has 0 atom stereocenters. The minimum Gasteiger partial charge on any atom is -0.139 e. The predicted molar refractivity (Wildman–Crippen MR) is 133 cm³/mol. The van der Waals surface area contributed by atoms with Crippen molar-refractivity contribution in [1.29, 1.82) is 0 Å². The van der Waals surface area contributed by atoms with Gasteiger partial charge in [0.1, 0.15) is 0 Å². The number of fused-ring (bicyclic) bond motifs is 1. The molecule has 0 radical (unpaired) electrons. The molecule has 148 valence electrons. The highest BCUT2D eigenvalue weighted by Gasteiger charge is 2.22. The number of rotatable bonds is 2. The molecule has 0 fully saturated rings. The van der Waals surface area contributed by atoms with E-state index < -0.39 is 0 Å². The molecule has 28 heavy (non-hydrogen) atoms. The highest BCUT2D eigenvalue weighted by atomic mass is 32.2. The summed E-state index contributed by atoms with van der Waals surface area (Å²) in [6.45, 7) is 18.3. The van der Waals surface area contributed by atoms with Gasteiger partial charge in [-0.3, -0.25) is 0 Å². The van der Waals surface area contributed by atoms with Gasteiger partial charge in [0.15, 0.2) is 0 Å². The molecule has 4 aromatic heterocycles. The summed E-state index contributed by atoms with van der Waals surface area (Å²) in [4.78, 5) is 8.68. The van der Waals surface area contributed by atoms with Crippen LogP contribution in [0.25, 0.3) is 28.9 Å². The average molecular weight is 445 g/mol. The maximum atomic E-state index is 2.40. The van der Waals surface area contributed by atoms with Crippen LogP contribution in [0.15, 0.2) is 24.3 Å². The average Bonchev–Trinajstić information content (AvgIpc) is 3.26. The topological polar surface area (TPSA) is 0 Å². The zero-order valence-electron chi connectivity index (χ0n) is 17.9. The lowest BCUT2D eigenvalue weighted by Gasteiger charge is -2.15. The van der Waals surface area contributed by atoms with E-state index in [1.165, 1.54) is 49.8 Å². The third-order valence-electron chi connectivity index (χ3n) is 4.98. The minimum absolute atomic E-state index is 0.219. The molecule has 0 spiro atoms. The lowest BCUT2D eigenvalue weighted by atomic mass is 9.94. The van der Waals surface area contributed by atoms with Crippen molar-refractivity contribution in [2.75, 3.05) is 0 Å². The summed E-state index contributed by atoms with van der Waals surface area (Å²) in [6.07, 6.45) is 0. The van der Waals surface area contributed by atoms with E-state index >= 15 is 0 Å². The van der Waals surface area contributed by atoms with Gasteiger partial charge >= 0.3 is 0 Å². The van der Waals surface area contributed by atoms with Crippen LogP contribution in [0.1, 0.15) is 62.4 Å². The van der Waals surface area contributed by atoms with Crippen molar-refractivity contribution >= 4 is 54.7 Å². The molecule has 4 heteroatoms. The van der Waals surface area contributed by atoms with E-state index in [0.29, 0.717) is 0 Å². The minimum atomic E-state index is 0.219. The second-order valence-corrected chi connectivity index (χ2v) is 14.2. The predicted octanol–water partition coefficient (Wildman–Crippen LogP) is 9.63. The van der Waals surface area contributed by atoms with Gasteiger partial charge < -0.3 is 0 Å². The third kappa shape index (κ3) is 3.65. The van der Waals surface area contributed by atoms with E-state index in [1.54, 1.807) is 0 Å². The van der Waals surface area contributed by atoms with Gasteiger partial charge in [-0.2, -0.15) is 0 Å². The van der Waals surface area contributed by atoms with Gasteiger partial charge in [-0.15, -0.1) is 45.3 Å². The molecule has 0 nitrogen and oxygen atoms in total. The smallest absolute Gasteiger partial charge is 0.0878 e. The maximum absolute atomic E-state index is 2.40. The van der Waals surface area contributed by atoms with E-state index in [4.69, 9.17) is 0 Å². The Labute approximate surface area is 184 Å². The van der Waals surface area contributed by atoms with Crippen molar-refractivity contribution in [3.63, 3.8) is 0 Å². The quantitative estimate of drug-likeness (QED) is 0.288. The second-order valence-electron chi connectivity index (χ2n) is 9.71. The molecule has 0 N–H and O–H groups in total. The summed E-state index contributed by atoms with van der Waals surface area (Å²) < 4.78 is 1.44. The first-order valence-electron chi connectivity index (χ1n) is 9.69. The Morgan fingerprint density at radius 3 is 1.25 bits per heavy atom. The van der Waals surface area contributed by atoms with E-state index in [0.717, 1.165) is 0 Å². The summed E-state index contributed by atoms with van der Waals surface area (Å²) in [7, 11) is 0. The van der Waals surface area contributed by atoms with E-state index in [-0.39, 0.29) is 10.8 Å². The molecule has 0 amide bonds. The van der Waals surface area contributed by atoms with Crippen molar-refractivity contribution < 1.29 is 0 Å². The highest BCUT2D eigenvalue weighted by molar-refractivity contribution is 7.42. The van der Waals surface area contributed by atoms with Gasteiger partial charge in [-0.1, -0.05) is 41.5 Å². The van der Waals surface area contributed by atoms with Crippen LogP contribution in [0.4, 0.5) is 0 Å². The lowest BCUT2D eigenvalue weighted by molar-refractivity contribution is 0.603. The molecule has 0 bridgehead atoms. The zero-order chi connectivity index (χ0) is 20.4. The Bertz CT molecular complexity index is 1030. The van der Waals surface area contributed by atoms with Gasteiger partial charge in [0.2, 0.25) is 0 Å². The maximum Gasteiger partial charge on any atom is 0.0878 e. The molecule has 4 heterocycles. The van der Waals surface area contributed by atoms with Crippen molar-refractivity contribution in [3.05, 3.63) is 45.1 Å². The number of hydrogen-bond donors (Lipinski definition) is 0. The Morgan fingerprint density at radius 2 is 0.964 bits per heavy atom. The SMILES string of the molecule is Cc1cc(C(C)(C)C)sc1-c1cc2cc(-c3sc(C(C)(C)C)cc3C)sc2s1. The fourth-order valence-corrected chi connectivity index (χ4v) is 8.49. The van der Waals surface area contributed by atoms with Gasteiger partial charge in [0.05, 0.1) is 4.01 Å². The van der Waals surface area contributed by atoms with Gasteiger partial charge in [0.25, 0.3) is 0 Å². The van der Waals surface area contributed by atoms with Crippen LogP contribution in [0.2, 0.25) is 0 Å². The van der Waals surface area contributed by atoms with Crippen LogP contribution in [-0.4, -0.2) is 0 Å². The Kier molecular flexibility index (Phi) is 4.94. The number of aryl methyl sites for hydroxylation is 2. The first-order chi connectivity index (χ1) is 12.9. The molecular weight excluding hydrogens is 417 g/mol. The highest BCUT2D eigenvalue weighted by Crippen LogP contribution is 2.48. The molecule has 0 saturated carbocycles. The van der Waals surface area contributed by atoms with E-state index in [1.807, 2.05) is 45.3 Å². The largest absolute Gasteiger partial charge is 0.139 e. The van der Waals surface area contributed by atoms with Crippen LogP contribution in [0, 0.1) is 13.8 Å². The second kappa shape index (κ2) is 6.80. The van der Waals surface area contributed by atoms with Crippen LogP contribution in [-0.2, 0) is 10.8 Å². The lowest BCUT2D eigenvalue weighted by Crippen LogP contribution is -2.07. The first-order valence-corrected chi connectivity index (χ1v) is 13.0. The number of thiophene rings is 4. The van der Waals surface area contributed by atoms with E-state index in [2.05, 4.69) is 79.7 Å². The van der Waals surface area contributed by atoms with Crippen molar-refractivity contribution in [1.82, 2.24) is 0 Å². The Balaban J connectivity index is 1.72. The van der Waals surface area contributed by atoms with Crippen LogP contribution >= 0.6 is 45.3 Å². The van der Waals surface area contributed by atoms with Crippen LogP contribution in [0.5, 0.6) is 0 Å². The fraction of sp³-hybridized carbons (Fsp3) is 0.417. The first kappa shape index (κ1) is 20.3. The number of hydrogen-bond acceptors (Lipinski definition) is 4. The van der Waals surface area contributed by atoms with Crippen LogP contribution in [0.3, 0.4) is 0 Å². The molecule has 0 saturated heterocycles. The molecule has 0 aromatic carbocycles. The van der Waals surface area contributed by atoms with Crippen LogP contribution < -0.4 is 0 Å².